The topological polar surface area (TPSA) is 86.8 Å². The van der Waals surface area contributed by atoms with Gasteiger partial charge in [0.15, 0.2) is 0 Å². The van der Waals surface area contributed by atoms with E-state index in [1.807, 2.05) is 6.07 Å². The first-order valence-corrected chi connectivity index (χ1v) is 12.2. The minimum absolute atomic E-state index is 0.115. The molecule has 7 nitrogen and oxygen atoms in total. The Morgan fingerprint density at radius 3 is 2.69 bits per heavy atom. The number of nitrogens with zero attached hydrogens (tertiary/aromatic N) is 2. The Kier molecular flexibility index (Phi) is 7.19. The van der Waals surface area contributed by atoms with Gasteiger partial charge in [0, 0.05) is 37.2 Å². The molecule has 29 heavy (non-hydrogen) atoms. The number of amides is 2. The van der Waals surface area contributed by atoms with Gasteiger partial charge in [0.2, 0.25) is 21.8 Å². The summed E-state index contributed by atoms with van der Waals surface area (Å²) in [5.74, 6) is -0.560. The Balaban J connectivity index is 1.78. The normalized spacial score (nSPS) is 24.5. The fourth-order valence-corrected chi connectivity index (χ4v) is 5.67. The van der Waals surface area contributed by atoms with Crippen molar-refractivity contribution in [3.05, 3.63) is 34.9 Å². The maximum atomic E-state index is 12.9. The highest BCUT2D eigenvalue weighted by Gasteiger charge is 2.39. The number of rotatable bonds is 3. The molecule has 1 heterocycles. The lowest BCUT2D eigenvalue weighted by Crippen LogP contribution is -2.55. The summed E-state index contributed by atoms with van der Waals surface area (Å²) in [6, 6.07) is 6.78. The average Bonchev–Trinajstić information content (AvgIpc) is 2.65. The van der Waals surface area contributed by atoms with Gasteiger partial charge in [-0.25, -0.2) is 8.42 Å². The molecule has 0 unspecified atom stereocenters. The second-order valence-electron chi connectivity index (χ2n) is 7.81. The highest BCUT2D eigenvalue weighted by Crippen LogP contribution is 2.30. The van der Waals surface area contributed by atoms with E-state index in [4.69, 9.17) is 11.6 Å². The number of carbonyl (C=O) groups excluding carboxylic acids is 2. The van der Waals surface area contributed by atoms with Crippen LogP contribution in [0.5, 0.6) is 0 Å². The van der Waals surface area contributed by atoms with Gasteiger partial charge in [0.25, 0.3) is 0 Å². The van der Waals surface area contributed by atoms with Crippen molar-refractivity contribution in [2.45, 2.75) is 38.1 Å². The predicted octanol–water partition coefficient (Wildman–Crippen LogP) is 1.66. The molecule has 2 atom stereocenters. The number of halogens is 1. The Hall–Kier alpha value is -1.64. The Morgan fingerprint density at radius 2 is 1.97 bits per heavy atom. The molecule has 0 bridgehead atoms. The highest BCUT2D eigenvalue weighted by molar-refractivity contribution is 7.88. The highest BCUT2D eigenvalue weighted by atomic mass is 35.5. The average molecular weight is 442 g/mol. The van der Waals surface area contributed by atoms with Crippen molar-refractivity contribution in [1.82, 2.24) is 14.5 Å². The van der Waals surface area contributed by atoms with Gasteiger partial charge in [-0.05, 0) is 30.5 Å². The van der Waals surface area contributed by atoms with Crippen LogP contribution in [-0.4, -0.2) is 67.9 Å². The van der Waals surface area contributed by atoms with E-state index in [2.05, 4.69) is 5.32 Å². The van der Waals surface area contributed by atoms with Crippen molar-refractivity contribution in [2.24, 2.45) is 5.92 Å². The zero-order chi connectivity index (χ0) is 21.0. The molecule has 3 rings (SSSR count). The first-order valence-electron chi connectivity index (χ1n) is 10.0. The zero-order valence-electron chi connectivity index (χ0n) is 16.6. The van der Waals surface area contributed by atoms with Gasteiger partial charge in [-0.15, -0.1) is 0 Å². The molecule has 1 saturated carbocycles. The number of fused-ring (bicyclic) bond motifs is 1. The number of carbonyl (C=O) groups is 2. The summed E-state index contributed by atoms with van der Waals surface area (Å²) < 4.78 is 26.4. The van der Waals surface area contributed by atoms with Crippen molar-refractivity contribution in [2.75, 3.05) is 32.4 Å². The van der Waals surface area contributed by atoms with Crippen LogP contribution in [0.4, 0.5) is 0 Å². The summed E-state index contributed by atoms with van der Waals surface area (Å²) in [7, 11) is -3.50. The van der Waals surface area contributed by atoms with Crippen LogP contribution in [0.25, 0.3) is 0 Å². The van der Waals surface area contributed by atoms with E-state index in [1.54, 1.807) is 23.1 Å². The van der Waals surface area contributed by atoms with Gasteiger partial charge >= 0.3 is 0 Å². The summed E-state index contributed by atoms with van der Waals surface area (Å²) in [5, 5.41) is 3.47. The fraction of sp³-hybridized carbons (Fsp3) is 0.600. The maximum absolute atomic E-state index is 12.9. The number of sulfonamides is 1. The molecule has 1 saturated heterocycles. The second kappa shape index (κ2) is 9.45. The van der Waals surface area contributed by atoms with Gasteiger partial charge in [-0.1, -0.05) is 36.6 Å². The molecule has 1 aliphatic heterocycles. The summed E-state index contributed by atoms with van der Waals surface area (Å²) >= 11 is 6.01. The molecule has 2 amide bonds. The minimum atomic E-state index is -3.50. The number of hydrogen-bond donors (Lipinski definition) is 1. The first-order chi connectivity index (χ1) is 13.8. The lowest BCUT2D eigenvalue weighted by molar-refractivity contribution is -0.133. The lowest BCUT2D eigenvalue weighted by Gasteiger charge is -2.39. The molecule has 0 spiro atoms. The van der Waals surface area contributed by atoms with Crippen molar-refractivity contribution in [1.29, 1.82) is 0 Å². The molecule has 1 aromatic rings. The second-order valence-corrected chi connectivity index (χ2v) is 10.2. The Labute approximate surface area is 177 Å². The van der Waals surface area contributed by atoms with Crippen LogP contribution in [0.15, 0.2) is 24.3 Å². The van der Waals surface area contributed by atoms with Crippen LogP contribution in [-0.2, 0) is 26.0 Å². The molecule has 2 fully saturated rings. The van der Waals surface area contributed by atoms with E-state index in [-0.39, 0.29) is 36.7 Å². The molecule has 1 aliphatic carbocycles. The minimum Gasteiger partial charge on any atom is -0.354 e. The molecule has 1 N–H and O–H groups in total. The van der Waals surface area contributed by atoms with Crippen molar-refractivity contribution in [3.8, 4) is 0 Å². The predicted molar refractivity (Wildman–Crippen MR) is 112 cm³/mol. The quantitative estimate of drug-likeness (QED) is 0.772. The van der Waals surface area contributed by atoms with Crippen LogP contribution < -0.4 is 5.32 Å². The van der Waals surface area contributed by atoms with E-state index in [0.717, 1.165) is 18.4 Å². The van der Waals surface area contributed by atoms with Crippen LogP contribution in [0.2, 0.25) is 5.02 Å². The molecular formula is C20H28ClN3O4S. The number of benzene rings is 1. The largest absolute Gasteiger partial charge is 0.354 e. The fourth-order valence-electron chi connectivity index (χ4n) is 4.30. The van der Waals surface area contributed by atoms with E-state index in [0.29, 0.717) is 37.5 Å². The van der Waals surface area contributed by atoms with Gasteiger partial charge in [-0.3, -0.25) is 9.59 Å². The molecule has 0 radical (unpaired) electrons. The molecule has 2 aliphatic rings. The summed E-state index contributed by atoms with van der Waals surface area (Å²) in [6.07, 6.45) is 4.55. The standard InChI is InChI=1S/C20H28ClN3O4S/c1-29(27,28)24-12-11-23(19(25)14-15-5-4-6-16(21)13-15)10-9-22-20(26)17-7-2-3-8-18(17)24/h4-6,13,17-18H,2-3,7-12,14H2,1H3,(H,22,26)/t17-,18+/m0/s1. The first kappa shape index (κ1) is 22.1. The van der Waals surface area contributed by atoms with Crippen LogP contribution in [0.1, 0.15) is 31.2 Å². The van der Waals surface area contributed by atoms with E-state index in [1.165, 1.54) is 10.6 Å². The SMILES string of the molecule is CS(=O)(=O)N1CCN(C(=O)Cc2cccc(Cl)c2)CCNC(=O)[C@H]2CCCC[C@H]21. The molecule has 9 heteroatoms. The van der Waals surface area contributed by atoms with Gasteiger partial charge < -0.3 is 10.2 Å². The van der Waals surface area contributed by atoms with E-state index >= 15 is 0 Å². The number of hydrogen-bond acceptors (Lipinski definition) is 4. The van der Waals surface area contributed by atoms with Crippen molar-refractivity contribution >= 4 is 33.4 Å². The number of nitrogens with one attached hydrogen (secondary N) is 1. The Bertz CT molecular complexity index is 861. The summed E-state index contributed by atoms with van der Waals surface area (Å²) in [4.78, 5) is 27.2. The Morgan fingerprint density at radius 1 is 1.21 bits per heavy atom. The van der Waals surface area contributed by atoms with Crippen molar-refractivity contribution < 1.29 is 18.0 Å². The van der Waals surface area contributed by atoms with Gasteiger partial charge in [0.05, 0.1) is 18.6 Å². The van der Waals surface area contributed by atoms with Crippen LogP contribution in [0.3, 0.4) is 0 Å². The maximum Gasteiger partial charge on any atom is 0.227 e. The lowest BCUT2D eigenvalue weighted by atomic mass is 9.83. The van der Waals surface area contributed by atoms with Crippen LogP contribution >= 0.6 is 11.6 Å². The molecule has 160 valence electrons. The summed E-state index contributed by atoms with van der Waals surface area (Å²) in [5.41, 5.74) is 0.802. The summed E-state index contributed by atoms with van der Waals surface area (Å²) in [6.45, 7) is 1.21. The van der Waals surface area contributed by atoms with E-state index < -0.39 is 10.0 Å². The monoisotopic (exact) mass is 441 g/mol. The molecular weight excluding hydrogens is 414 g/mol. The third kappa shape index (κ3) is 5.71. The smallest absolute Gasteiger partial charge is 0.227 e. The van der Waals surface area contributed by atoms with Gasteiger partial charge in [-0.2, -0.15) is 4.31 Å². The van der Waals surface area contributed by atoms with Crippen molar-refractivity contribution in [3.63, 3.8) is 0 Å². The molecule has 0 aromatic heterocycles. The third-order valence-electron chi connectivity index (χ3n) is 5.73. The van der Waals surface area contributed by atoms with Gasteiger partial charge in [0.1, 0.15) is 0 Å². The molecule has 1 aromatic carbocycles. The van der Waals surface area contributed by atoms with Crippen LogP contribution in [0, 0.1) is 5.92 Å². The van der Waals surface area contributed by atoms with E-state index in [9.17, 15) is 18.0 Å². The zero-order valence-corrected chi connectivity index (χ0v) is 18.2. The third-order valence-corrected chi connectivity index (χ3v) is 7.27.